The van der Waals surface area contributed by atoms with E-state index in [2.05, 4.69) is 19.2 Å². The summed E-state index contributed by atoms with van der Waals surface area (Å²) in [6.07, 6.45) is 2.21. The van der Waals surface area contributed by atoms with Gasteiger partial charge < -0.3 is 5.32 Å². The van der Waals surface area contributed by atoms with Gasteiger partial charge in [-0.2, -0.15) is 0 Å². The minimum Gasteiger partial charge on any atom is -0.351 e. The van der Waals surface area contributed by atoms with Crippen molar-refractivity contribution in [3.8, 4) is 0 Å². The lowest BCUT2D eigenvalue weighted by molar-refractivity contribution is 0.0939. The van der Waals surface area contributed by atoms with Crippen molar-refractivity contribution in [3.63, 3.8) is 0 Å². The minimum absolute atomic E-state index is 0.00916. The fourth-order valence-electron chi connectivity index (χ4n) is 2.34. The molecule has 0 radical (unpaired) electrons. The average Bonchev–Trinajstić information content (AvgIpc) is 3.16. The molecule has 0 aromatic heterocycles. The number of hydrogen-bond donors (Lipinski definition) is 2. The van der Waals surface area contributed by atoms with Crippen LogP contribution in [0, 0.1) is 11.3 Å². The van der Waals surface area contributed by atoms with E-state index in [-0.39, 0.29) is 26.8 Å². The van der Waals surface area contributed by atoms with Crippen LogP contribution in [0.25, 0.3) is 0 Å². The number of rotatable bonds is 5. The second-order valence-corrected chi connectivity index (χ2v) is 7.83. The van der Waals surface area contributed by atoms with Crippen LogP contribution >= 0.6 is 11.6 Å². The quantitative estimate of drug-likeness (QED) is 0.866. The molecular weight excluding hydrogens is 312 g/mol. The fraction of sp³-hybridized carbons (Fsp3) is 0.500. The number of carbonyl (C=O) groups excluding carboxylic acids is 1. The molecule has 2 rings (SSSR count). The third-order valence-electron chi connectivity index (χ3n) is 4.22. The van der Waals surface area contributed by atoms with Crippen molar-refractivity contribution in [1.82, 2.24) is 5.32 Å². The molecule has 1 aliphatic carbocycles. The number of hydrogen-bond acceptors (Lipinski definition) is 3. The molecule has 0 bridgehead atoms. The molecule has 1 aromatic carbocycles. The molecule has 0 unspecified atom stereocenters. The monoisotopic (exact) mass is 330 g/mol. The summed E-state index contributed by atoms with van der Waals surface area (Å²) < 4.78 is 22.8. The lowest BCUT2D eigenvalue weighted by Gasteiger charge is -2.20. The van der Waals surface area contributed by atoms with E-state index in [9.17, 15) is 13.2 Å². The van der Waals surface area contributed by atoms with Crippen molar-refractivity contribution in [1.29, 1.82) is 0 Å². The first-order valence-electron chi connectivity index (χ1n) is 6.76. The van der Waals surface area contributed by atoms with Crippen LogP contribution in [0.4, 0.5) is 0 Å². The number of primary sulfonamides is 1. The van der Waals surface area contributed by atoms with Gasteiger partial charge in [0.1, 0.15) is 4.90 Å². The van der Waals surface area contributed by atoms with Crippen LogP contribution in [0.5, 0.6) is 0 Å². The Morgan fingerprint density at radius 2 is 2.05 bits per heavy atom. The van der Waals surface area contributed by atoms with Gasteiger partial charge in [0.05, 0.1) is 5.02 Å². The fourth-order valence-corrected chi connectivity index (χ4v) is 3.41. The van der Waals surface area contributed by atoms with Crippen molar-refractivity contribution < 1.29 is 13.2 Å². The SMILES string of the molecule is CC(C)C1(CNC(=O)c2ccc(Cl)c(S(N)(=O)=O)c2)CC1. The van der Waals surface area contributed by atoms with Crippen LogP contribution in [-0.2, 0) is 10.0 Å². The summed E-state index contributed by atoms with van der Waals surface area (Å²) in [4.78, 5) is 11.9. The Bertz CT molecular complexity index is 667. The molecule has 1 amide bonds. The highest BCUT2D eigenvalue weighted by Crippen LogP contribution is 2.51. The minimum atomic E-state index is -3.95. The molecule has 0 aliphatic heterocycles. The van der Waals surface area contributed by atoms with Gasteiger partial charge in [0.25, 0.3) is 5.91 Å². The van der Waals surface area contributed by atoms with Gasteiger partial charge in [0.2, 0.25) is 10.0 Å². The molecular formula is C14H19ClN2O3S. The Morgan fingerprint density at radius 3 is 2.52 bits per heavy atom. The molecule has 116 valence electrons. The van der Waals surface area contributed by atoms with Gasteiger partial charge in [-0.05, 0) is 42.4 Å². The van der Waals surface area contributed by atoms with E-state index in [1.807, 2.05) is 0 Å². The lowest BCUT2D eigenvalue weighted by atomic mass is 9.92. The first kappa shape index (κ1) is 16.3. The van der Waals surface area contributed by atoms with E-state index in [1.165, 1.54) is 18.2 Å². The lowest BCUT2D eigenvalue weighted by Crippen LogP contribution is -2.32. The van der Waals surface area contributed by atoms with Crippen molar-refractivity contribution >= 4 is 27.5 Å². The maximum atomic E-state index is 12.1. The van der Waals surface area contributed by atoms with E-state index in [0.717, 1.165) is 12.8 Å². The summed E-state index contributed by atoms with van der Waals surface area (Å²) in [5.41, 5.74) is 0.424. The van der Waals surface area contributed by atoms with Gasteiger partial charge in [-0.1, -0.05) is 25.4 Å². The zero-order chi connectivity index (χ0) is 15.8. The first-order valence-corrected chi connectivity index (χ1v) is 8.69. The van der Waals surface area contributed by atoms with Crippen LogP contribution in [0.15, 0.2) is 23.1 Å². The standard InChI is InChI=1S/C14H19ClN2O3S/c1-9(2)14(5-6-14)8-17-13(18)10-3-4-11(15)12(7-10)21(16,19)20/h3-4,7,9H,5-6,8H2,1-2H3,(H,17,18)(H2,16,19,20). The molecule has 0 saturated heterocycles. The van der Waals surface area contributed by atoms with Gasteiger partial charge >= 0.3 is 0 Å². The van der Waals surface area contributed by atoms with Gasteiger partial charge in [-0.25, -0.2) is 13.6 Å². The van der Waals surface area contributed by atoms with Crippen molar-refractivity contribution in [2.45, 2.75) is 31.6 Å². The molecule has 5 nitrogen and oxygen atoms in total. The van der Waals surface area contributed by atoms with Crippen molar-refractivity contribution in [2.24, 2.45) is 16.5 Å². The van der Waals surface area contributed by atoms with Crippen LogP contribution in [0.2, 0.25) is 5.02 Å². The Hall–Kier alpha value is -1.11. The highest BCUT2D eigenvalue weighted by atomic mass is 35.5. The van der Waals surface area contributed by atoms with E-state index in [0.29, 0.717) is 12.5 Å². The van der Waals surface area contributed by atoms with Crippen LogP contribution in [-0.4, -0.2) is 20.9 Å². The molecule has 0 heterocycles. The highest BCUT2D eigenvalue weighted by Gasteiger charge is 2.45. The van der Waals surface area contributed by atoms with Crippen molar-refractivity contribution in [3.05, 3.63) is 28.8 Å². The van der Waals surface area contributed by atoms with Gasteiger partial charge in [-0.15, -0.1) is 0 Å². The van der Waals surface area contributed by atoms with Crippen LogP contribution in [0.3, 0.4) is 0 Å². The molecule has 7 heteroatoms. The Morgan fingerprint density at radius 1 is 1.43 bits per heavy atom. The molecule has 0 atom stereocenters. The number of halogens is 1. The van der Waals surface area contributed by atoms with Gasteiger partial charge in [0.15, 0.2) is 0 Å². The molecule has 1 aliphatic rings. The van der Waals surface area contributed by atoms with E-state index < -0.39 is 10.0 Å². The molecule has 0 spiro atoms. The third-order valence-corrected chi connectivity index (χ3v) is 5.61. The summed E-state index contributed by atoms with van der Waals surface area (Å²) in [5, 5.41) is 7.95. The molecule has 21 heavy (non-hydrogen) atoms. The van der Waals surface area contributed by atoms with Gasteiger partial charge in [-0.3, -0.25) is 4.79 Å². The van der Waals surface area contributed by atoms with Gasteiger partial charge in [0, 0.05) is 12.1 Å². The molecule has 1 aromatic rings. The second-order valence-electron chi connectivity index (χ2n) is 5.89. The molecule has 3 N–H and O–H groups in total. The number of nitrogens with one attached hydrogen (secondary N) is 1. The predicted octanol–water partition coefficient (Wildman–Crippen LogP) is 2.15. The predicted molar refractivity (Wildman–Crippen MR) is 81.7 cm³/mol. The Labute approximate surface area is 129 Å². The molecule has 1 saturated carbocycles. The zero-order valence-electron chi connectivity index (χ0n) is 12.0. The second kappa shape index (κ2) is 5.59. The topological polar surface area (TPSA) is 89.3 Å². The third kappa shape index (κ3) is 3.56. The van der Waals surface area contributed by atoms with E-state index in [1.54, 1.807) is 0 Å². The first-order chi connectivity index (χ1) is 9.66. The number of benzene rings is 1. The summed E-state index contributed by atoms with van der Waals surface area (Å²) in [7, 11) is -3.95. The number of amides is 1. The Kier molecular flexibility index (Phi) is 4.33. The number of sulfonamides is 1. The molecule has 1 fully saturated rings. The average molecular weight is 331 g/mol. The van der Waals surface area contributed by atoms with Crippen LogP contribution < -0.4 is 10.5 Å². The Balaban J connectivity index is 2.14. The summed E-state index contributed by atoms with van der Waals surface area (Å²) in [6, 6.07) is 4.06. The summed E-state index contributed by atoms with van der Waals surface area (Å²) >= 11 is 5.80. The normalized spacial score (nSPS) is 16.8. The summed E-state index contributed by atoms with van der Waals surface area (Å²) in [5.74, 6) is 0.187. The largest absolute Gasteiger partial charge is 0.351 e. The smallest absolute Gasteiger partial charge is 0.251 e. The summed E-state index contributed by atoms with van der Waals surface area (Å²) in [6.45, 7) is 4.87. The maximum absolute atomic E-state index is 12.1. The van der Waals surface area contributed by atoms with E-state index in [4.69, 9.17) is 16.7 Å². The zero-order valence-corrected chi connectivity index (χ0v) is 13.6. The van der Waals surface area contributed by atoms with Crippen LogP contribution in [0.1, 0.15) is 37.0 Å². The van der Waals surface area contributed by atoms with E-state index >= 15 is 0 Å². The number of carbonyl (C=O) groups is 1. The maximum Gasteiger partial charge on any atom is 0.251 e. The van der Waals surface area contributed by atoms with Crippen molar-refractivity contribution in [2.75, 3.05) is 6.54 Å². The highest BCUT2D eigenvalue weighted by molar-refractivity contribution is 7.89. The number of nitrogens with two attached hydrogens (primary N) is 1.